The third kappa shape index (κ3) is 3.92. The summed E-state index contributed by atoms with van der Waals surface area (Å²) in [5, 5.41) is 0. The lowest BCUT2D eigenvalue weighted by atomic mass is 9.89. The highest BCUT2D eigenvalue weighted by atomic mass is 32.2. The van der Waals surface area contributed by atoms with Crippen LogP contribution in [0.2, 0.25) is 0 Å². The van der Waals surface area contributed by atoms with Gasteiger partial charge in [0.05, 0.1) is 24.0 Å². The summed E-state index contributed by atoms with van der Waals surface area (Å²) in [4.78, 5) is 24.5. The second kappa shape index (κ2) is 7.39. The molecule has 0 spiro atoms. The molecule has 1 aromatic carbocycles. The predicted octanol–water partition coefficient (Wildman–Crippen LogP) is 2.43. The maximum Gasteiger partial charge on any atom is 0.307 e. The second-order valence-corrected chi connectivity index (χ2v) is 8.02. The Morgan fingerprint density at radius 1 is 1.20 bits per heavy atom. The molecule has 136 valence electrons. The van der Waals surface area contributed by atoms with Gasteiger partial charge in [-0.25, -0.2) is 12.7 Å². The average molecular weight is 365 g/mol. The number of ether oxygens (including phenoxy) is 1. The van der Waals surface area contributed by atoms with Gasteiger partial charge >= 0.3 is 5.97 Å². The zero-order chi connectivity index (χ0) is 18.8. The minimum atomic E-state index is -4.06. The quantitative estimate of drug-likeness (QED) is 0.749. The number of aryl methyl sites for hydroxylation is 1. The van der Waals surface area contributed by atoms with E-state index >= 15 is 0 Å². The lowest BCUT2D eigenvalue weighted by molar-refractivity contribution is -0.145. The fourth-order valence-electron chi connectivity index (χ4n) is 2.83. The number of hydrogen-bond donors (Lipinski definition) is 0. The summed E-state index contributed by atoms with van der Waals surface area (Å²) in [5.74, 6) is -1.43. The minimum Gasteiger partial charge on any atom is -0.466 e. The van der Waals surface area contributed by atoms with Crippen LogP contribution in [-0.2, 0) is 24.3 Å². The standard InChI is InChI=1S/C18H23NO5S/c1-5-24-18(21)11-16-14(4)13(3)10-17(20)19(16)25(22,23)15-8-6-12(2)7-9-15/h6-10,14,16H,5,11H2,1-4H3/t14-,16+/m0/s1. The molecule has 2 rings (SSSR count). The smallest absolute Gasteiger partial charge is 0.307 e. The van der Waals surface area contributed by atoms with Crippen molar-refractivity contribution in [2.45, 2.75) is 45.1 Å². The van der Waals surface area contributed by atoms with Crippen LogP contribution in [0.4, 0.5) is 0 Å². The summed E-state index contributed by atoms with van der Waals surface area (Å²) >= 11 is 0. The van der Waals surface area contributed by atoms with Crippen LogP contribution in [0.1, 0.15) is 32.8 Å². The highest BCUT2D eigenvalue weighted by Crippen LogP contribution is 2.32. The Hall–Kier alpha value is -2.15. The molecule has 0 saturated carbocycles. The molecule has 0 unspecified atom stereocenters. The first kappa shape index (κ1) is 19.2. The Kier molecular flexibility index (Phi) is 5.67. The second-order valence-electron chi connectivity index (χ2n) is 6.21. The number of nitrogens with zero attached hydrogens (tertiary/aromatic N) is 1. The van der Waals surface area contributed by atoms with Crippen LogP contribution < -0.4 is 0 Å². The maximum absolute atomic E-state index is 13.0. The molecular formula is C18H23NO5S. The van der Waals surface area contributed by atoms with Crippen molar-refractivity contribution in [3.63, 3.8) is 0 Å². The number of rotatable bonds is 5. The lowest BCUT2D eigenvalue weighted by Crippen LogP contribution is -2.50. The van der Waals surface area contributed by atoms with Gasteiger partial charge in [0, 0.05) is 6.08 Å². The van der Waals surface area contributed by atoms with Gasteiger partial charge in [0.1, 0.15) is 0 Å². The van der Waals surface area contributed by atoms with Crippen LogP contribution in [0, 0.1) is 12.8 Å². The Morgan fingerprint density at radius 3 is 2.36 bits per heavy atom. The average Bonchev–Trinajstić information content (AvgIpc) is 2.52. The SMILES string of the molecule is CCOC(=O)C[C@@H]1[C@@H](C)C(C)=CC(=O)N1S(=O)(=O)c1ccc(C)cc1. The molecule has 1 heterocycles. The summed E-state index contributed by atoms with van der Waals surface area (Å²) in [5.41, 5.74) is 1.66. The third-order valence-electron chi connectivity index (χ3n) is 4.42. The molecule has 0 fully saturated rings. The number of sulfonamides is 1. The van der Waals surface area contributed by atoms with Gasteiger partial charge in [0.25, 0.3) is 15.9 Å². The fourth-order valence-corrected chi connectivity index (χ4v) is 4.44. The van der Waals surface area contributed by atoms with Gasteiger partial charge in [-0.3, -0.25) is 9.59 Å². The zero-order valence-electron chi connectivity index (χ0n) is 14.9. The molecule has 1 amide bonds. The summed E-state index contributed by atoms with van der Waals surface area (Å²) in [7, 11) is -4.06. The molecular weight excluding hydrogens is 342 g/mol. The van der Waals surface area contributed by atoms with Gasteiger partial charge < -0.3 is 4.74 Å². The molecule has 1 aliphatic heterocycles. The van der Waals surface area contributed by atoms with Gasteiger partial charge in [-0.1, -0.05) is 30.2 Å². The van der Waals surface area contributed by atoms with E-state index in [1.165, 1.54) is 18.2 Å². The minimum absolute atomic E-state index is 0.0282. The molecule has 2 atom stereocenters. The largest absolute Gasteiger partial charge is 0.466 e. The molecule has 0 N–H and O–H groups in total. The fraction of sp³-hybridized carbons (Fsp3) is 0.444. The van der Waals surface area contributed by atoms with E-state index in [1.54, 1.807) is 32.9 Å². The number of carbonyl (C=O) groups excluding carboxylic acids is 2. The van der Waals surface area contributed by atoms with Crippen molar-refractivity contribution in [3.8, 4) is 0 Å². The molecule has 1 aliphatic rings. The van der Waals surface area contributed by atoms with E-state index in [-0.39, 0.29) is 23.8 Å². The Bertz CT molecular complexity index is 795. The van der Waals surface area contributed by atoms with E-state index in [1.807, 2.05) is 6.92 Å². The molecule has 7 heteroatoms. The monoisotopic (exact) mass is 365 g/mol. The van der Waals surface area contributed by atoms with Gasteiger partial charge in [0.15, 0.2) is 0 Å². The van der Waals surface area contributed by atoms with Crippen molar-refractivity contribution < 1.29 is 22.7 Å². The lowest BCUT2D eigenvalue weighted by Gasteiger charge is -2.37. The van der Waals surface area contributed by atoms with Crippen LogP contribution in [0.25, 0.3) is 0 Å². The topological polar surface area (TPSA) is 80.8 Å². The van der Waals surface area contributed by atoms with Crippen molar-refractivity contribution in [3.05, 3.63) is 41.5 Å². The first-order valence-corrected chi connectivity index (χ1v) is 9.61. The Morgan fingerprint density at radius 2 is 1.80 bits per heavy atom. The number of esters is 1. The molecule has 0 aliphatic carbocycles. The van der Waals surface area contributed by atoms with Gasteiger partial charge in [-0.05, 0) is 38.8 Å². The van der Waals surface area contributed by atoms with Crippen LogP contribution in [0.15, 0.2) is 40.8 Å². The first-order chi connectivity index (χ1) is 11.7. The predicted molar refractivity (Wildman–Crippen MR) is 93.2 cm³/mol. The number of hydrogen-bond acceptors (Lipinski definition) is 5. The van der Waals surface area contributed by atoms with E-state index in [4.69, 9.17) is 4.74 Å². The van der Waals surface area contributed by atoms with E-state index in [9.17, 15) is 18.0 Å². The Balaban J connectivity index is 2.47. The van der Waals surface area contributed by atoms with Crippen LogP contribution in [0.5, 0.6) is 0 Å². The number of amides is 1. The van der Waals surface area contributed by atoms with E-state index in [0.717, 1.165) is 15.4 Å². The third-order valence-corrected chi connectivity index (χ3v) is 6.26. The Labute approximate surface area is 148 Å². The summed E-state index contributed by atoms with van der Waals surface area (Å²) in [6.07, 6.45) is 1.15. The van der Waals surface area contributed by atoms with Crippen molar-refractivity contribution in [1.82, 2.24) is 4.31 Å². The molecule has 25 heavy (non-hydrogen) atoms. The summed E-state index contributed by atoms with van der Waals surface area (Å²) in [6, 6.07) is 5.48. The van der Waals surface area contributed by atoms with Crippen molar-refractivity contribution in [2.75, 3.05) is 6.61 Å². The van der Waals surface area contributed by atoms with Crippen LogP contribution >= 0.6 is 0 Å². The first-order valence-electron chi connectivity index (χ1n) is 8.17. The molecule has 1 aromatic rings. The normalized spacial score (nSPS) is 21.0. The summed E-state index contributed by atoms with van der Waals surface area (Å²) < 4.78 is 31.8. The van der Waals surface area contributed by atoms with E-state index < -0.39 is 27.9 Å². The highest BCUT2D eigenvalue weighted by Gasteiger charge is 2.42. The van der Waals surface area contributed by atoms with Crippen LogP contribution in [-0.4, -0.2) is 37.2 Å². The van der Waals surface area contributed by atoms with Gasteiger partial charge in [-0.15, -0.1) is 0 Å². The van der Waals surface area contributed by atoms with E-state index in [0.29, 0.717) is 0 Å². The van der Waals surface area contributed by atoms with Crippen molar-refractivity contribution in [1.29, 1.82) is 0 Å². The van der Waals surface area contributed by atoms with Gasteiger partial charge in [-0.2, -0.15) is 0 Å². The molecule has 6 nitrogen and oxygen atoms in total. The number of benzene rings is 1. The molecule has 0 radical (unpaired) electrons. The molecule has 0 aromatic heterocycles. The molecule has 0 saturated heterocycles. The van der Waals surface area contributed by atoms with E-state index in [2.05, 4.69) is 0 Å². The van der Waals surface area contributed by atoms with Crippen molar-refractivity contribution >= 4 is 21.9 Å². The van der Waals surface area contributed by atoms with Gasteiger partial charge in [0.2, 0.25) is 0 Å². The molecule has 0 bridgehead atoms. The highest BCUT2D eigenvalue weighted by molar-refractivity contribution is 7.89. The number of carbonyl (C=O) groups is 2. The maximum atomic E-state index is 13.0. The van der Waals surface area contributed by atoms with Crippen molar-refractivity contribution in [2.24, 2.45) is 5.92 Å². The zero-order valence-corrected chi connectivity index (χ0v) is 15.7. The summed E-state index contributed by atoms with van der Waals surface area (Å²) in [6.45, 7) is 7.29. The van der Waals surface area contributed by atoms with Crippen LogP contribution in [0.3, 0.4) is 0 Å².